The zero-order chi connectivity index (χ0) is 14.8. The molecule has 0 aliphatic heterocycles. The van der Waals surface area contributed by atoms with E-state index in [2.05, 4.69) is 13.2 Å². The van der Waals surface area contributed by atoms with Crippen molar-refractivity contribution in [3.05, 3.63) is 89.6 Å². The molecule has 3 rings (SSSR count). The van der Waals surface area contributed by atoms with Crippen LogP contribution in [0.25, 0.3) is 25.7 Å². The van der Waals surface area contributed by atoms with Gasteiger partial charge in [-0.25, -0.2) is 0 Å². The third kappa shape index (κ3) is 2.34. The number of fused-ring (bicyclic) bond motifs is 2. The Hall–Kier alpha value is -2.45. The van der Waals surface area contributed by atoms with Gasteiger partial charge in [-0.1, -0.05) is 49.6 Å². The highest BCUT2D eigenvalue weighted by Crippen LogP contribution is 2.27. The van der Waals surface area contributed by atoms with Crippen LogP contribution in [0, 0.1) is 0 Å². The fourth-order valence-corrected chi connectivity index (χ4v) is 3.44. The third-order valence-corrected chi connectivity index (χ3v) is 4.58. The molecule has 0 fully saturated rings. The summed E-state index contributed by atoms with van der Waals surface area (Å²) in [7, 11) is 0. The van der Waals surface area contributed by atoms with Crippen LogP contribution in [-0.2, 0) is 0 Å². The van der Waals surface area contributed by atoms with Crippen molar-refractivity contribution in [2.45, 2.75) is 0 Å². The van der Waals surface area contributed by atoms with E-state index in [0.717, 1.165) is 31.3 Å². The van der Waals surface area contributed by atoms with Crippen LogP contribution in [0.1, 0.15) is 5.56 Å². The van der Waals surface area contributed by atoms with Crippen LogP contribution in [0.15, 0.2) is 78.6 Å². The molecular weight excluding hydrogens is 276 g/mol. The van der Waals surface area contributed by atoms with E-state index in [1.54, 1.807) is 23.5 Å². The molecule has 1 heterocycles. The number of rotatable bonds is 3. The molecular formula is C19H14OS. The Morgan fingerprint density at radius 1 is 1.00 bits per heavy atom. The van der Waals surface area contributed by atoms with E-state index in [-0.39, 0.29) is 5.43 Å². The van der Waals surface area contributed by atoms with Crippen molar-refractivity contribution in [1.29, 1.82) is 0 Å². The molecule has 21 heavy (non-hydrogen) atoms. The standard InChI is InChI=1S/C19H14OS/c1-3-7-13(4-2)14-10-11-18-16(12-14)19(20)15-8-5-6-9-17(15)21-18/h3-12H,1-2H2. The van der Waals surface area contributed by atoms with Gasteiger partial charge in [-0.2, -0.15) is 0 Å². The summed E-state index contributed by atoms with van der Waals surface area (Å²) in [6, 6.07) is 13.7. The summed E-state index contributed by atoms with van der Waals surface area (Å²) < 4.78 is 2.03. The van der Waals surface area contributed by atoms with Crippen molar-refractivity contribution in [1.82, 2.24) is 0 Å². The molecule has 1 nitrogen and oxygen atoms in total. The zero-order valence-corrected chi connectivity index (χ0v) is 12.3. The van der Waals surface area contributed by atoms with Crippen LogP contribution in [0.5, 0.6) is 0 Å². The van der Waals surface area contributed by atoms with E-state index in [1.807, 2.05) is 48.5 Å². The van der Waals surface area contributed by atoms with E-state index in [1.165, 1.54) is 0 Å². The monoisotopic (exact) mass is 290 g/mol. The summed E-state index contributed by atoms with van der Waals surface area (Å²) in [6.45, 7) is 7.53. The summed E-state index contributed by atoms with van der Waals surface area (Å²) in [6.07, 6.45) is 5.39. The van der Waals surface area contributed by atoms with Gasteiger partial charge >= 0.3 is 0 Å². The summed E-state index contributed by atoms with van der Waals surface area (Å²) in [5.74, 6) is 0. The van der Waals surface area contributed by atoms with E-state index in [0.29, 0.717) is 0 Å². The minimum absolute atomic E-state index is 0.0863. The van der Waals surface area contributed by atoms with Crippen molar-refractivity contribution in [3.8, 4) is 0 Å². The molecule has 0 radical (unpaired) electrons. The maximum Gasteiger partial charge on any atom is 0.195 e. The van der Waals surface area contributed by atoms with Gasteiger partial charge in [0.2, 0.25) is 0 Å². The predicted molar refractivity (Wildman–Crippen MR) is 94.0 cm³/mol. The van der Waals surface area contributed by atoms with Gasteiger partial charge in [-0.15, -0.1) is 11.3 Å². The Balaban J connectivity index is 2.36. The van der Waals surface area contributed by atoms with E-state index < -0.39 is 0 Å². The topological polar surface area (TPSA) is 17.1 Å². The van der Waals surface area contributed by atoms with Gasteiger partial charge in [0, 0.05) is 20.2 Å². The molecule has 2 heteroatoms. The molecule has 0 atom stereocenters. The Kier molecular flexibility index (Phi) is 3.55. The Morgan fingerprint density at radius 2 is 1.76 bits per heavy atom. The van der Waals surface area contributed by atoms with Crippen LogP contribution in [0.4, 0.5) is 0 Å². The minimum atomic E-state index is 0.0863. The van der Waals surface area contributed by atoms with Crippen LogP contribution in [0.3, 0.4) is 0 Å². The number of hydrogen-bond donors (Lipinski definition) is 0. The lowest BCUT2D eigenvalue weighted by Crippen LogP contribution is -2.01. The molecule has 0 unspecified atom stereocenters. The van der Waals surface area contributed by atoms with E-state index >= 15 is 0 Å². The molecule has 0 saturated carbocycles. The van der Waals surface area contributed by atoms with Crippen LogP contribution in [0.2, 0.25) is 0 Å². The molecule has 0 aliphatic carbocycles. The first-order valence-electron chi connectivity index (χ1n) is 6.65. The van der Waals surface area contributed by atoms with E-state index in [4.69, 9.17) is 0 Å². The SMILES string of the molecule is C=CC=C(C=C)c1ccc2sc3ccccc3c(=O)c2c1. The summed E-state index contributed by atoms with van der Waals surface area (Å²) >= 11 is 1.64. The molecule has 0 amide bonds. The van der Waals surface area contributed by atoms with Gasteiger partial charge in [0.25, 0.3) is 0 Å². The number of allylic oxidation sites excluding steroid dienone is 4. The smallest absolute Gasteiger partial charge is 0.195 e. The average Bonchev–Trinajstić information content (AvgIpc) is 2.53. The molecule has 0 aliphatic rings. The fourth-order valence-electron chi connectivity index (χ4n) is 2.39. The second-order valence-corrected chi connectivity index (χ2v) is 5.78. The number of hydrogen-bond acceptors (Lipinski definition) is 2. The third-order valence-electron chi connectivity index (χ3n) is 3.43. The molecule has 0 saturated heterocycles. The second kappa shape index (κ2) is 5.51. The van der Waals surface area contributed by atoms with Gasteiger partial charge in [-0.05, 0) is 35.4 Å². The first-order valence-corrected chi connectivity index (χ1v) is 7.47. The Labute approximate surface area is 127 Å². The molecule has 3 aromatic rings. The molecule has 0 bridgehead atoms. The van der Waals surface area contributed by atoms with Crippen LogP contribution < -0.4 is 5.43 Å². The summed E-state index contributed by atoms with van der Waals surface area (Å²) in [4.78, 5) is 12.7. The average molecular weight is 290 g/mol. The maximum absolute atomic E-state index is 12.7. The van der Waals surface area contributed by atoms with Crippen molar-refractivity contribution in [3.63, 3.8) is 0 Å². The molecule has 102 valence electrons. The van der Waals surface area contributed by atoms with Crippen LogP contribution in [-0.4, -0.2) is 0 Å². The van der Waals surface area contributed by atoms with Crippen molar-refractivity contribution in [2.24, 2.45) is 0 Å². The molecule has 2 aromatic carbocycles. The summed E-state index contributed by atoms with van der Waals surface area (Å²) in [5, 5.41) is 1.54. The quantitative estimate of drug-likeness (QED) is 0.480. The molecule has 1 aromatic heterocycles. The maximum atomic E-state index is 12.7. The highest BCUT2D eigenvalue weighted by molar-refractivity contribution is 7.24. The number of benzene rings is 2. The molecule has 0 spiro atoms. The Morgan fingerprint density at radius 3 is 2.52 bits per heavy atom. The highest BCUT2D eigenvalue weighted by atomic mass is 32.1. The lowest BCUT2D eigenvalue weighted by atomic mass is 10.0. The minimum Gasteiger partial charge on any atom is -0.289 e. The van der Waals surface area contributed by atoms with Gasteiger partial charge in [0.15, 0.2) is 5.43 Å². The van der Waals surface area contributed by atoms with Crippen molar-refractivity contribution < 1.29 is 0 Å². The van der Waals surface area contributed by atoms with Gasteiger partial charge < -0.3 is 0 Å². The Bertz CT molecular complexity index is 945. The van der Waals surface area contributed by atoms with Gasteiger partial charge in [0.05, 0.1) is 0 Å². The zero-order valence-electron chi connectivity index (χ0n) is 11.5. The normalized spacial score (nSPS) is 11.7. The van der Waals surface area contributed by atoms with Gasteiger partial charge in [0.1, 0.15) is 0 Å². The lowest BCUT2D eigenvalue weighted by Gasteiger charge is -2.05. The largest absolute Gasteiger partial charge is 0.289 e. The fraction of sp³-hybridized carbons (Fsp3) is 0. The first-order chi connectivity index (χ1) is 10.2. The van der Waals surface area contributed by atoms with Crippen molar-refractivity contribution in [2.75, 3.05) is 0 Å². The second-order valence-electron chi connectivity index (χ2n) is 4.70. The summed E-state index contributed by atoms with van der Waals surface area (Å²) in [5.41, 5.74) is 2.03. The van der Waals surface area contributed by atoms with Gasteiger partial charge in [-0.3, -0.25) is 4.79 Å². The molecule has 0 N–H and O–H groups in total. The van der Waals surface area contributed by atoms with Crippen LogP contribution >= 0.6 is 11.3 Å². The van der Waals surface area contributed by atoms with E-state index in [9.17, 15) is 4.79 Å². The highest BCUT2D eigenvalue weighted by Gasteiger charge is 2.07. The first kappa shape index (κ1) is 13.5. The lowest BCUT2D eigenvalue weighted by molar-refractivity contribution is 1.67. The van der Waals surface area contributed by atoms with Crippen molar-refractivity contribution >= 4 is 37.1 Å². The predicted octanol–water partition coefficient (Wildman–Crippen LogP) is 5.17.